The van der Waals surface area contributed by atoms with Crippen LogP contribution in [0.15, 0.2) is 23.4 Å². The number of halogens is 3. The summed E-state index contributed by atoms with van der Waals surface area (Å²) in [6.45, 7) is -1.61. The van der Waals surface area contributed by atoms with Gasteiger partial charge in [0.25, 0.3) is 10.0 Å². The van der Waals surface area contributed by atoms with Crippen LogP contribution >= 0.6 is 0 Å². The molecule has 0 amide bonds. The third kappa shape index (κ3) is 5.68. The van der Waals surface area contributed by atoms with Gasteiger partial charge in [-0.2, -0.15) is 13.2 Å². The van der Waals surface area contributed by atoms with Crippen molar-refractivity contribution in [3.8, 4) is 5.75 Å². The maximum atomic E-state index is 11.8. The molecule has 0 saturated heterocycles. The van der Waals surface area contributed by atoms with E-state index in [-0.39, 0.29) is 31.0 Å². The van der Waals surface area contributed by atoms with Gasteiger partial charge in [-0.1, -0.05) is 0 Å². The van der Waals surface area contributed by atoms with E-state index < -0.39 is 33.6 Å². The number of aromatic nitrogens is 1. The molecule has 0 radical (unpaired) electrons. The first-order valence-corrected chi connectivity index (χ1v) is 5.42. The van der Waals surface area contributed by atoms with Crippen molar-refractivity contribution < 1.29 is 57.3 Å². The van der Waals surface area contributed by atoms with Gasteiger partial charge in [-0.05, 0) is 12.1 Å². The molecule has 0 aromatic carbocycles. The number of alkyl halides is 3. The first kappa shape index (κ1) is 16.6. The SMILES string of the molecule is NS(=O)(=O)c1ncccc1OCC(F)(F)F.[H-].[Na+]. The van der Waals surface area contributed by atoms with Gasteiger partial charge in [0.05, 0.1) is 0 Å². The largest absolute Gasteiger partial charge is 1.00 e. The van der Waals surface area contributed by atoms with E-state index >= 15 is 0 Å². The molecule has 0 unspecified atom stereocenters. The Morgan fingerprint density at radius 3 is 2.53 bits per heavy atom. The van der Waals surface area contributed by atoms with Gasteiger partial charge in [0.2, 0.25) is 5.03 Å². The van der Waals surface area contributed by atoms with Crippen LogP contribution in [0.1, 0.15) is 1.43 Å². The van der Waals surface area contributed by atoms with Crippen LogP contribution < -0.4 is 39.4 Å². The van der Waals surface area contributed by atoms with Crippen molar-refractivity contribution in [2.75, 3.05) is 6.61 Å². The zero-order chi connectivity index (χ0) is 12.4. The van der Waals surface area contributed by atoms with Crippen LogP contribution in [0.3, 0.4) is 0 Å². The number of hydrogen-bond acceptors (Lipinski definition) is 4. The Balaban J connectivity index is 0. The number of nitrogens with two attached hydrogens (primary N) is 1. The third-order valence-corrected chi connectivity index (χ3v) is 2.24. The Morgan fingerprint density at radius 2 is 2.06 bits per heavy atom. The predicted molar refractivity (Wildman–Crippen MR) is 48.3 cm³/mol. The molecule has 17 heavy (non-hydrogen) atoms. The van der Waals surface area contributed by atoms with Gasteiger partial charge in [-0.3, -0.25) is 0 Å². The Bertz CT molecular complexity index is 483. The van der Waals surface area contributed by atoms with Gasteiger partial charge < -0.3 is 6.16 Å². The van der Waals surface area contributed by atoms with E-state index in [9.17, 15) is 21.6 Å². The number of sulfonamides is 1. The number of rotatable bonds is 3. The average molecular weight is 280 g/mol. The molecule has 1 aromatic heterocycles. The molecule has 1 rings (SSSR count). The minimum absolute atomic E-state index is 0. The standard InChI is InChI=1S/C7H7F3N2O3S.Na.H/c8-7(9,10)4-15-5-2-1-3-12-6(5)16(11,13)14;;/h1-3H,4H2,(H2,11,13,14);;/q;+1;-1. The number of ether oxygens (including phenoxy) is 1. The van der Waals surface area contributed by atoms with Crippen LogP contribution in [0.2, 0.25) is 0 Å². The fourth-order valence-corrected chi connectivity index (χ4v) is 1.47. The molecule has 0 fully saturated rings. The number of primary sulfonamides is 1. The predicted octanol–water partition coefficient (Wildman–Crippen LogP) is -2.21. The zero-order valence-corrected chi connectivity index (χ0v) is 11.5. The molecule has 5 nitrogen and oxygen atoms in total. The second-order valence-electron chi connectivity index (χ2n) is 2.76. The molecule has 0 saturated carbocycles. The van der Waals surface area contributed by atoms with Crippen LogP contribution in [0, 0.1) is 0 Å². The molecule has 0 bridgehead atoms. The number of nitrogens with zero attached hydrogens (tertiary/aromatic N) is 1. The van der Waals surface area contributed by atoms with Crippen LogP contribution in [0.4, 0.5) is 13.2 Å². The van der Waals surface area contributed by atoms with Gasteiger partial charge in [0, 0.05) is 6.20 Å². The van der Waals surface area contributed by atoms with Crippen molar-refractivity contribution in [1.29, 1.82) is 0 Å². The van der Waals surface area contributed by atoms with Crippen molar-refractivity contribution in [3.05, 3.63) is 18.3 Å². The summed E-state index contributed by atoms with van der Waals surface area (Å²) < 4.78 is 61.7. The van der Waals surface area contributed by atoms with E-state index in [1.165, 1.54) is 6.07 Å². The van der Waals surface area contributed by atoms with E-state index in [1.807, 2.05) is 0 Å². The maximum absolute atomic E-state index is 11.8. The molecule has 0 aliphatic heterocycles. The summed E-state index contributed by atoms with van der Waals surface area (Å²) in [7, 11) is -4.20. The maximum Gasteiger partial charge on any atom is 1.00 e. The first-order valence-electron chi connectivity index (χ1n) is 3.87. The van der Waals surface area contributed by atoms with E-state index in [4.69, 9.17) is 5.14 Å². The molecule has 0 aliphatic carbocycles. The van der Waals surface area contributed by atoms with Crippen LogP contribution in [0.5, 0.6) is 5.75 Å². The average Bonchev–Trinajstić information content (AvgIpc) is 2.12. The molecule has 92 valence electrons. The van der Waals surface area contributed by atoms with Crippen LogP contribution in [-0.2, 0) is 10.0 Å². The summed E-state index contributed by atoms with van der Waals surface area (Å²) in [4.78, 5) is 3.35. The Kier molecular flexibility index (Phi) is 5.88. The molecular formula is C7H8F3N2NaO3S. The Hall–Kier alpha value is -0.350. The molecular weight excluding hydrogens is 272 g/mol. The second-order valence-corrected chi connectivity index (χ2v) is 4.23. The Morgan fingerprint density at radius 1 is 1.47 bits per heavy atom. The normalized spacial score (nSPS) is 11.8. The van der Waals surface area contributed by atoms with Crippen molar-refractivity contribution in [3.63, 3.8) is 0 Å². The van der Waals surface area contributed by atoms with Crippen molar-refractivity contribution in [2.24, 2.45) is 5.14 Å². The third-order valence-electron chi connectivity index (χ3n) is 1.40. The summed E-state index contributed by atoms with van der Waals surface area (Å²) in [6, 6.07) is 2.28. The van der Waals surface area contributed by atoms with Crippen molar-refractivity contribution >= 4 is 10.0 Å². The molecule has 10 heteroatoms. The quantitative estimate of drug-likeness (QED) is 0.636. The molecule has 1 heterocycles. The summed E-state index contributed by atoms with van der Waals surface area (Å²) in [5.74, 6) is -0.526. The molecule has 1 aromatic rings. The fourth-order valence-electron chi connectivity index (χ4n) is 0.859. The minimum Gasteiger partial charge on any atom is -1.00 e. The smallest absolute Gasteiger partial charge is 1.00 e. The summed E-state index contributed by atoms with van der Waals surface area (Å²) >= 11 is 0. The van der Waals surface area contributed by atoms with E-state index in [0.29, 0.717) is 0 Å². The minimum atomic E-state index is -4.56. The molecule has 0 spiro atoms. The van der Waals surface area contributed by atoms with Gasteiger partial charge in [-0.15, -0.1) is 0 Å². The molecule has 0 aliphatic rings. The summed E-state index contributed by atoms with van der Waals surface area (Å²) in [5, 5.41) is 4.02. The van der Waals surface area contributed by atoms with Gasteiger partial charge in [-0.25, -0.2) is 18.5 Å². The zero-order valence-electron chi connectivity index (χ0n) is 9.73. The number of pyridine rings is 1. The van der Waals surface area contributed by atoms with E-state index in [0.717, 1.165) is 12.3 Å². The van der Waals surface area contributed by atoms with E-state index in [1.54, 1.807) is 0 Å². The Labute approximate surface area is 119 Å². The first-order chi connectivity index (χ1) is 7.20. The topological polar surface area (TPSA) is 82.3 Å². The second kappa shape index (κ2) is 6.01. The van der Waals surface area contributed by atoms with Crippen molar-refractivity contribution in [2.45, 2.75) is 11.2 Å². The number of hydrogen-bond donors (Lipinski definition) is 1. The molecule has 0 atom stereocenters. The summed E-state index contributed by atoms with van der Waals surface area (Å²) in [5.41, 5.74) is 0. The monoisotopic (exact) mass is 280 g/mol. The molecule has 2 N–H and O–H groups in total. The van der Waals surface area contributed by atoms with Crippen LogP contribution in [-0.4, -0.2) is 26.2 Å². The van der Waals surface area contributed by atoms with Crippen LogP contribution in [0.25, 0.3) is 0 Å². The fraction of sp³-hybridized carbons (Fsp3) is 0.286. The van der Waals surface area contributed by atoms with Gasteiger partial charge in [0.1, 0.15) is 0 Å². The van der Waals surface area contributed by atoms with Gasteiger partial charge >= 0.3 is 35.7 Å². The van der Waals surface area contributed by atoms with Gasteiger partial charge in [0.15, 0.2) is 12.4 Å². The van der Waals surface area contributed by atoms with E-state index in [2.05, 4.69) is 9.72 Å². The van der Waals surface area contributed by atoms with Crippen molar-refractivity contribution in [1.82, 2.24) is 4.98 Å². The summed E-state index contributed by atoms with van der Waals surface area (Å²) in [6.07, 6.45) is -3.48.